The number of hydrogen-bond acceptors (Lipinski definition) is 4. The molecule has 0 saturated heterocycles. The van der Waals surface area contributed by atoms with Gasteiger partial charge in [-0.1, -0.05) is 13.0 Å². The zero-order chi connectivity index (χ0) is 12.8. The Bertz CT molecular complexity index is 382. The second-order valence-corrected chi connectivity index (χ2v) is 4.59. The quantitative estimate of drug-likeness (QED) is 0.714. The van der Waals surface area contributed by atoms with Crippen LogP contribution >= 0.6 is 0 Å². The fraction of sp³-hybridized carbons (Fsp3) is 0.571. The van der Waals surface area contributed by atoms with E-state index in [0.29, 0.717) is 12.6 Å². The maximum atomic E-state index is 8.85. The van der Waals surface area contributed by atoms with E-state index in [2.05, 4.69) is 29.7 Å². The van der Waals surface area contributed by atoms with Crippen LogP contribution in [0.15, 0.2) is 18.2 Å². The van der Waals surface area contributed by atoms with Crippen LogP contribution in [0.5, 0.6) is 5.75 Å². The number of nitrogens with one attached hydrogen (secondary N) is 2. The first-order valence-electron chi connectivity index (χ1n) is 6.67. The predicted molar refractivity (Wildman–Crippen MR) is 73.3 cm³/mol. The van der Waals surface area contributed by atoms with E-state index in [1.807, 2.05) is 6.07 Å². The average molecular weight is 250 g/mol. The summed E-state index contributed by atoms with van der Waals surface area (Å²) < 4.78 is 5.56. The highest BCUT2D eigenvalue weighted by molar-refractivity contribution is 5.59. The molecule has 1 unspecified atom stereocenters. The highest BCUT2D eigenvalue weighted by atomic mass is 16.5. The fourth-order valence-corrected chi connectivity index (χ4v) is 2.23. The minimum absolute atomic E-state index is 0.191. The van der Waals surface area contributed by atoms with Gasteiger partial charge in [-0.2, -0.15) is 0 Å². The summed E-state index contributed by atoms with van der Waals surface area (Å²) in [6.45, 7) is 4.62. The highest BCUT2D eigenvalue weighted by Crippen LogP contribution is 2.28. The van der Waals surface area contributed by atoms with E-state index in [1.165, 1.54) is 5.56 Å². The van der Waals surface area contributed by atoms with Crippen molar-refractivity contribution in [3.05, 3.63) is 23.8 Å². The summed E-state index contributed by atoms with van der Waals surface area (Å²) in [5.74, 6) is 0.946. The van der Waals surface area contributed by atoms with E-state index in [0.717, 1.165) is 37.4 Å². The molecule has 0 fully saturated rings. The molecule has 1 aromatic rings. The van der Waals surface area contributed by atoms with E-state index in [4.69, 9.17) is 9.84 Å². The molecule has 0 amide bonds. The predicted octanol–water partition coefficient (Wildman–Crippen LogP) is 1.39. The van der Waals surface area contributed by atoms with Crippen molar-refractivity contribution >= 4 is 5.69 Å². The molecule has 1 aliphatic heterocycles. The van der Waals surface area contributed by atoms with Gasteiger partial charge in [0.05, 0.1) is 12.3 Å². The van der Waals surface area contributed by atoms with Crippen molar-refractivity contribution in [2.24, 2.45) is 0 Å². The third-order valence-electron chi connectivity index (χ3n) is 3.24. The number of aliphatic hydroxyl groups is 1. The lowest BCUT2D eigenvalue weighted by Crippen LogP contribution is -2.32. The average Bonchev–Trinajstić information content (AvgIpc) is 2.43. The van der Waals surface area contributed by atoms with E-state index in [9.17, 15) is 0 Å². The van der Waals surface area contributed by atoms with Crippen LogP contribution < -0.4 is 15.4 Å². The van der Waals surface area contributed by atoms with Crippen LogP contribution in [0.25, 0.3) is 0 Å². The Hall–Kier alpha value is -1.26. The number of anilines is 1. The molecule has 2 rings (SSSR count). The molecule has 0 radical (unpaired) electrons. The van der Waals surface area contributed by atoms with Crippen molar-refractivity contribution < 1.29 is 9.84 Å². The Morgan fingerprint density at radius 2 is 2.39 bits per heavy atom. The van der Waals surface area contributed by atoms with Crippen molar-refractivity contribution in [1.82, 2.24) is 5.32 Å². The molecule has 0 saturated carbocycles. The van der Waals surface area contributed by atoms with Crippen LogP contribution in [0.1, 0.15) is 18.9 Å². The zero-order valence-electron chi connectivity index (χ0n) is 10.9. The summed E-state index contributed by atoms with van der Waals surface area (Å²) in [5, 5.41) is 15.5. The standard InChI is InChI=1S/C14H22N2O2/c1-2-12(15-5-7-17)9-11-3-4-14-13(10-11)16-6-8-18-14/h3-4,10,12,15-17H,2,5-9H2,1H3. The first-order chi connectivity index (χ1) is 8.83. The lowest BCUT2D eigenvalue weighted by atomic mass is 10.0. The SMILES string of the molecule is CCC(Cc1ccc2c(c1)NCCO2)NCCO. The van der Waals surface area contributed by atoms with E-state index in [1.54, 1.807) is 0 Å². The Labute approximate surface area is 108 Å². The monoisotopic (exact) mass is 250 g/mol. The van der Waals surface area contributed by atoms with E-state index >= 15 is 0 Å². The molecule has 100 valence electrons. The Morgan fingerprint density at radius 1 is 1.50 bits per heavy atom. The van der Waals surface area contributed by atoms with Crippen LogP contribution in [0, 0.1) is 0 Å². The van der Waals surface area contributed by atoms with Gasteiger partial charge in [0.25, 0.3) is 0 Å². The lowest BCUT2D eigenvalue weighted by Gasteiger charge is -2.21. The topological polar surface area (TPSA) is 53.5 Å². The maximum Gasteiger partial charge on any atom is 0.142 e. The van der Waals surface area contributed by atoms with Crippen molar-refractivity contribution in [1.29, 1.82) is 0 Å². The van der Waals surface area contributed by atoms with Crippen LogP contribution in [0.2, 0.25) is 0 Å². The third-order valence-corrected chi connectivity index (χ3v) is 3.24. The third kappa shape index (κ3) is 3.37. The maximum absolute atomic E-state index is 8.85. The Kier molecular flexibility index (Phi) is 4.84. The molecule has 0 bridgehead atoms. The molecular weight excluding hydrogens is 228 g/mol. The molecule has 0 aliphatic carbocycles. The molecule has 18 heavy (non-hydrogen) atoms. The normalized spacial score (nSPS) is 15.4. The number of hydrogen-bond donors (Lipinski definition) is 3. The molecule has 1 aliphatic rings. The summed E-state index contributed by atoms with van der Waals surface area (Å²) in [7, 11) is 0. The molecule has 4 nitrogen and oxygen atoms in total. The van der Waals surface area contributed by atoms with Crippen LogP contribution in [-0.4, -0.2) is 37.5 Å². The summed E-state index contributed by atoms with van der Waals surface area (Å²) in [6.07, 6.45) is 2.03. The van der Waals surface area contributed by atoms with Crippen molar-refractivity contribution in [2.75, 3.05) is 31.6 Å². The minimum Gasteiger partial charge on any atom is -0.490 e. The van der Waals surface area contributed by atoms with Gasteiger partial charge >= 0.3 is 0 Å². The van der Waals surface area contributed by atoms with Gasteiger partial charge in [-0.25, -0.2) is 0 Å². The van der Waals surface area contributed by atoms with Gasteiger partial charge in [-0.3, -0.25) is 0 Å². The number of rotatable bonds is 6. The molecule has 1 atom stereocenters. The van der Waals surface area contributed by atoms with Crippen molar-refractivity contribution in [2.45, 2.75) is 25.8 Å². The summed E-state index contributed by atoms with van der Waals surface area (Å²) >= 11 is 0. The van der Waals surface area contributed by atoms with Gasteiger partial charge in [0, 0.05) is 19.1 Å². The Morgan fingerprint density at radius 3 is 3.17 bits per heavy atom. The number of ether oxygens (including phenoxy) is 1. The van der Waals surface area contributed by atoms with Crippen LogP contribution in [-0.2, 0) is 6.42 Å². The number of aliphatic hydroxyl groups excluding tert-OH is 1. The van der Waals surface area contributed by atoms with Gasteiger partial charge in [0.1, 0.15) is 12.4 Å². The van der Waals surface area contributed by atoms with Gasteiger partial charge in [0.15, 0.2) is 0 Å². The molecule has 3 N–H and O–H groups in total. The molecule has 4 heteroatoms. The van der Waals surface area contributed by atoms with Crippen LogP contribution in [0.4, 0.5) is 5.69 Å². The van der Waals surface area contributed by atoms with Gasteiger partial charge in [-0.05, 0) is 30.5 Å². The molecule has 1 heterocycles. The second kappa shape index (κ2) is 6.61. The second-order valence-electron chi connectivity index (χ2n) is 4.59. The number of benzene rings is 1. The molecule has 0 spiro atoms. The summed E-state index contributed by atoms with van der Waals surface area (Å²) in [4.78, 5) is 0. The van der Waals surface area contributed by atoms with E-state index < -0.39 is 0 Å². The van der Waals surface area contributed by atoms with Crippen LogP contribution in [0.3, 0.4) is 0 Å². The van der Waals surface area contributed by atoms with Gasteiger partial charge < -0.3 is 20.5 Å². The van der Waals surface area contributed by atoms with Crippen molar-refractivity contribution in [3.63, 3.8) is 0 Å². The molecule has 0 aromatic heterocycles. The zero-order valence-corrected chi connectivity index (χ0v) is 10.9. The Balaban J connectivity index is 1.99. The largest absolute Gasteiger partial charge is 0.490 e. The molecular formula is C14H22N2O2. The smallest absolute Gasteiger partial charge is 0.142 e. The lowest BCUT2D eigenvalue weighted by molar-refractivity contribution is 0.282. The first-order valence-corrected chi connectivity index (χ1v) is 6.67. The van der Waals surface area contributed by atoms with Crippen molar-refractivity contribution in [3.8, 4) is 5.75 Å². The first kappa shape index (κ1) is 13.2. The number of fused-ring (bicyclic) bond motifs is 1. The minimum atomic E-state index is 0.191. The highest BCUT2D eigenvalue weighted by Gasteiger charge is 2.12. The van der Waals surface area contributed by atoms with Gasteiger partial charge in [0.2, 0.25) is 0 Å². The van der Waals surface area contributed by atoms with E-state index in [-0.39, 0.29) is 6.61 Å². The van der Waals surface area contributed by atoms with Gasteiger partial charge in [-0.15, -0.1) is 0 Å². The summed E-state index contributed by atoms with van der Waals surface area (Å²) in [6, 6.07) is 6.74. The summed E-state index contributed by atoms with van der Waals surface area (Å²) in [5.41, 5.74) is 2.39. The molecule has 1 aromatic carbocycles. The fourth-order valence-electron chi connectivity index (χ4n) is 2.23.